The van der Waals surface area contributed by atoms with E-state index in [4.69, 9.17) is 5.11 Å². The Kier molecular flexibility index (Phi) is 3.57. The van der Waals surface area contributed by atoms with E-state index in [2.05, 4.69) is 6.26 Å². The van der Waals surface area contributed by atoms with Gasteiger partial charge in [0, 0.05) is 6.61 Å². The van der Waals surface area contributed by atoms with Gasteiger partial charge in [0.2, 0.25) is 0 Å². The van der Waals surface area contributed by atoms with Crippen LogP contribution < -0.4 is 0 Å². The van der Waals surface area contributed by atoms with Gasteiger partial charge in [-0.25, -0.2) is 0 Å². The minimum Gasteiger partial charge on any atom is -0.396 e. The standard InChI is InChI=1S/C8H16OS/c1-10-6-8(5-9)7-3-2-4-7/h7-9H,2-6H2,1H3. The summed E-state index contributed by atoms with van der Waals surface area (Å²) in [6.07, 6.45) is 6.20. The fourth-order valence-corrected chi connectivity index (χ4v) is 2.27. The Morgan fingerprint density at radius 3 is 2.60 bits per heavy atom. The van der Waals surface area contributed by atoms with Crippen LogP contribution >= 0.6 is 11.8 Å². The molecule has 0 aromatic heterocycles. The van der Waals surface area contributed by atoms with Crippen molar-refractivity contribution in [3.63, 3.8) is 0 Å². The number of hydrogen-bond donors (Lipinski definition) is 1. The van der Waals surface area contributed by atoms with E-state index in [1.807, 2.05) is 11.8 Å². The van der Waals surface area contributed by atoms with E-state index >= 15 is 0 Å². The summed E-state index contributed by atoms with van der Waals surface area (Å²) in [5.41, 5.74) is 0. The Balaban J connectivity index is 2.17. The molecule has 2 heteroatoms. The maximum absolute atomic E-state index is 8.98. The molecule has 1 nitrogen and oxygen atoms in total. The maximum Gasteiger partial charge on any atom is 0.0469 e. The molecule has 0 aromatic carbocycles. The highest BCUT2D eigenvalue weighted by atomic mass is 32.2. The Bertz CT molecular complexity index is 91.3. The molecule has 60 valence electrons. The molecular formula is C8H16OS. The van der Waals surface area contributed by atoms with E-state index in [-0.39, 0.29) is 0 Å². The van der Waals surface area contributed by atoms with Crippen LogP contribution in [-0.2, 0) is 0 Å². The molecule has 1 fully saturated rings. The molecule has 0 aliphatic heterocycles. The van der Waals surface area contributed by atoms with Gasteiger partial charge in [0.25, 0.3) is 0 Å². The van der Waals surface area contributed by atoms with Gasteiger partial charge in [0.1, 0.15) is 0 Å². The zero-order valence-corrected chi connectivity index (χ0v) is 7.36. The number of rotatable bonds is 4. The van der Waals surface area contributed by atoms with Gasteiger partial charge in [-0.15, -0.1) is 0 Å². The van der Waals surface area contributed by atoms with E-state index in [1.54, 1.807) is 0 Å². The van der Waals surface area contributed by atoms with Crippen LogP contribution in [-0.4, -0.2) is 23.7 Å². The molecule has 10 heavy (non-hydrogen) atoms. The smallest absolute Gasteiger partial charge is 0.0469 e. The Morgan fingerprint density at radius 2 is 2.30 bits per heavy atom. The second-order valence-electron chi connectivity index (χ2n) is 3.09. The molecular weight excluding hydrogens is 144 g/mol. The van der Waals surface area contributed by atoms with Crippen LogP contribution in [0.5, 0.6) is 0 Å². The van der Waals surface area contributed by atoms with E-state index in [0.29, 0.717) is 12.5 Å². The predicted molar refractivity (Wildman–Crippen MR) is 46.3 cm³/mol. The molecule has 0 spiro atoms. The van der Waals surface area contributed by atoms with Crippen LogP contribution in [0.3, 0.4) is 0 Å². The van der Waals surface area contributed by atoms with Crippen LogP contribution in [0.15, 0.2) is 0 Å². The molecule has 1 aliphatic carbocycles. The summed E-state index contributed by atoms with van der Waals surface area (Å²) < 4.78 is 0. The fraction of sp³-hybridized carbons (Fsp3) is 1.00. The first-order valence-electron chi connectivity index (χ1n) is 3.98. The SMILES string of the molecule is CSCC(CO)C1CCC1. The van der Waals surface area contributed by atoms with Crippen molar-refractivity contribution in [1.29, 1.82) is 0 Å². The zero-order chi connectivity index (χ0) is 7.40. The topological polar surface area (TPSA) is 20.2 Å². The minimum atomic E-state index is 0.394. The summed E-state index contributed by atoms with van der Waals surface area (Å²) in [5.74, 6) is 2.57. The summed E-state index contributed by atoms with van der Waals surface area (Å²) in [6, 6.07) is 0. The van der Waals surface area contributed by atoms with Gasteiger partial charge in [0.05, 0.1) is 0 Å². The van der Waals surface area contributed by atoms with E-state index < -0.39 is 0 Å². The van der Waals surface area contributed by atoms with Crippen molar-refractivity contribution in [3.05, 3.63) is 0 Å². The highest BCUT2D eigenvalue weighted by Gasteiger charge is 2.25. The van der Waals surface area contributed by atoms with Crippen molar-refractivity contribution >= 4 is 11.8 Å². The van der Waals surface area contributed by atoms with Crippen molar-refractivity contribution in [2.45, 2.75) is 19.3 Å². The van der Waals surface area contributed by atoms with Crippen LogP contribution in [0.4, 0.5) is 0 Å². The maximum atomic E-state index is 8.98. The lowest BCUT2D eigenvalue weighted by atomic mass is 9.77. The van der Waals surface area contributed by atoms with Crippen molar-refractivity contribution in [3.8, 4) is 0 Å². The molecule has 0 saturated heterocycles. The molecule has 0 aromatic rings. The Morgan fingerprint density at radius 1 is 1.60 bits per heavy atom. The highest BCUT2D eigenvalue weighted by Crippen LogP contribution is 2.34. The molecule has 1 rings (SSSR count). The number of hydrogen-bond acceptors (Lipinski definition) is 2. The van der Waals surface area contributed by atoms with Crippen molar-refractivity contribution in [2.75, 3.05) is 18.6 Å². The first-order chi connectivity index (χ1) is 4.88. The normalized spacial score (nSPS) is 22.2. The average Bonchev–Trinajstić information content (AvgIpc) is 1.83. The fourth-order valence-electron chi connectivity index (χ4n) is 1.46. The summed E-state index contributed by atoms with van der Waals surface area (Å²) in [4.78, 5) is 0. The molecule has 0 heterocycles. The second kappa shape index (κ2) is 4.24. The summed E-state index contributed by atoms with van der Waals surface area (Å²) in [7, 11) is 0. The van der Waals surface area contributed by atoms with Crippen molar-refractivity contribution < 1.29 is 5.11 Å². The molecule has 1 atom stereocenters. The number of aliphatic hydroxyl groups excluding tert-OH is 1. The lowest BCUT2D eigenvalue weighted by molar-refractivity contribution is 0.140. The van der Waals surface area contributed by atoms with Gasteiger partial charge in [-0.3, -0.25) is 0 Å². The minimum absolute atomic E-state index is 0.394. The van der Waals surface area contributed by atoms with Gasteiger partial charge in [-0.2, -0.15) is 11.8 Å². The van der Waals surface area contributed by atoms with Crippen LogP contribution in [0.2, 0.25) is 0 Å². The molecule has 1 N–H and O–H groups in total. The Labute approximate surface area is 67.2 Å². The summed E-state index contributed by atoms with van der Waals surface area (Å²) >= 11 is 1.85. The van der Waals surface area contributed by atoms with Crippen LogP contribution in [0.1, 0.15) is 19.3 Å². The van der Waals surface area contributed by atoms with Gasteiger partial charge in [-0.05, 0) is 23.8 Å². The van der Waals surface area contributed by atoms with Gasteiger partial charge < -0.3 is 5.11 Å². The second-order valence-corrected chi connectivity index (χ2v) is 4.00. The van der Waals surface area contributed by atoms with Crippen molar-refractivity contribution in [1.82, 2.24) is 0 Å². The largest absolute Gasteiger partial charge is 0.396 e. The third kappa shape index (κ3) is 1.89. The first-order valence-corrected chi connectivity index (χ1v) is 5.37. The average molecular weight is 160 g/mol. The van der Waals surface area contributed by atoms with Crippen LogP contribution in [0, 0.1) is 11.8 Å². The molecule has 1 saturated carbocycles. The molecule has 1 unspecified atom stereocenters. The Hall–Kier alpha value is 0.310. The van der Waals surface area contributed by atoms with Crippen LogP contribution in [0.25, 0.3) is 0 Å². The van der Waals surface area contributed by atoms with E-state index in [0.717, 1.165) is 11.7 Å². The summed E-state index contributed by atoms with van der Waals surface area (Å²) in [5, 5.41) is 8.98. The third-order valence-electron chi connectivity index (χ3n) is 2.43. The highest BCUT2D eigenvalue weighted by molar-refractivity contribution is 7.98. The third-order valence-corrected chi connectivity index (χ3v) is 3.19. The first kappa shape index (κ1) is 8.41. The molecule has 0 bridgehead atoms. The van der Waals surface area contributed by atoms with Gasteiger partial charge in [0.15, 0.2) is 0 Å². The van der Waals surface area contributed by atoms with E-state index in [1.165, 1.54) is 19.3 Å². The monoisotopic (exact) mass is 160 g/mol. The lowest BCUT2D eigenvalue weighted by Gasteiger charge is -2.32. The van der Waals surface area contributed by atoms with Gasteiger partial charge >= 0.3 is 0 Å². The van der Waals surface area contributed by atoms with E-state index in [9.17, 15) is 0 Å². The molecule has 0 amide bonds. The van der Waals surface area contributed by atoms with Crippen molar-refractivity contribution in [2.24, 2.45) is 11.8 Å². The number of aliphatic hydroxyl groups is 1. The zero-order valence-electron chi connectivity index (χ0n) is 6.55. The molecule has 1 aliphatic rings. The number of thioether (sulfide) groups is 1. The van der Waals surface area contributed by atoms with Gasteiger partial charge in [-0.1, -0.05) is 19.3 Å². The summed E-state index contributed by atoms with van der Waals surface area (Å²) in [6.45, 7) is 0.394. The lowest BCUT2D eigenvalue weighted by Crippen LogP contribution is -2.26. The quantitative estimate of drug-likeness (QED) is 0.676. The predicted octanol–water partition coefficient (Wildman–Crippen LogP) is 1.76. The molecule has 0 radical (unpaired) electrons.